The van der Waals surface area contributed by atoms with Crippen molar-refractivity contribution in [3.8, 4) is 17.2 Å². The van der Waals surface area contributed by atoms with E-state index in [4.69, 9.17) is 18.6 Å². The number of rotatable bonds is 0. The Hall–Kier alpha value is -15.4. The topological polar surface area (TPSA) is 406 Å². The third-order valence-corrected chi connectivity index (χ3v) is 26.4. The number of benzene rings is 4. The Morgan fingerprint density at radius 3 is 1.49 bits per heavy atom. The fourth-order valence-electron chi connectivity index (χ4n) is 17.7. The molecule has 2 bridgehead atoms. The van der Waals surface area contributed by atoms with Crippen LogP contribution in [0.25, 0.3) is 22.0 Å². The van der Waals surface area contributed by atoms with E-state index < -0.39 is 0 Å². The van der Waals surface area contributed by atoms with Crippen LogP contribution >= 0.6 is 11.8 Å². The van der Waals surface area contributed by atoms with Crippen LogP contribution in [0.4, 0.5) is 63.7 Å². The zero-order chi connectivity index (χ0) is 99.3. The molecule has 1 aliphatic carbocycles. The standard InChI is InChI=1S/C9H12N2.C9H11N.2C8H10N2.C8H8O2.C8H6O.4C7H9N3.C7H8N2O.C7H8N2S.C7H8N2.C7H13N.C6H5N3/c1-2-6-10-9-8(4-1)5-3-7-11-9;1-2-4-9-7-10-6-5-8(9)3-1;1-3-7-4-2-6-10-8(7)9-5-1;1-2-7-6-9-5-3-8(7)10-4-1;1-2-4-8-7(3-1)9-5-6-10-8;1-2-4-8-7(3-1)5-6-9-8;1-2-6-3-5-9-10-7(6)8-4-1;1-2-6-4-8-5-10-7(6)9-3-1;2*1-2-6-7(9-3-1)10-5-4-8-6;2*1-2-6-7(8-3-1)9-4-5-10-6;1-2-6-3-5-9-7(6)8-4-1;1-3-7-4-2-6(1)5-8-7;1-2-4-6-5(3-1)7-9-8-6/h3,5,7H,1-2,4,6H2,(H,10,11);1-4,10H,5-7H2;1,3,5H,2,4,6H2,(H,9,10);3,5-6,10H,1-2,4H2;1-4H,5-6H2;1-6H;3,5H,1-2,4H2,(H,8,10);4-5H,1-3H2,(H,8,9,10);4-5H,1-3H2,(H,9,10);1-3,8H,4-5H2,(H,9,10);2*1-3H,4-5H2,(H,8,9);1-2,4H,3,5H2,(H,8,9);6-8H,1-5H2;1-4H,(H,7,8,9). The number of thioether (sulfide) groups is 1. The maximum atomic E-state index is 5.30. The Bertz CT molecular complexity index is 5230. The lowest BCUT2D eigenvalue weighted by molar-refractivity contribution is 0.171. The van der Waals surface area contributed by atoms with E-state index in [1.165, 1.54) is 158 Å². The minimum absolute atomic E-state index is 0.664. The van der Waals surface area contributed by atoms with E-state index in [9.17, 15) is 0 Å². The van der Waals surface area contributed by atoms with Crippen molar-refractivity contribution in [3.63, 3.8) is 0 Å². The average Bonchev–Trinajstić information content (AvgIpc) is 1.83. The summed E-state index contributed by atoms with van der Waals surface area (Å²) >= 11 is 1.86. The third-order valence-electron chi connectivity index (χ3n) is 25.3. The van der Waals surface area contributed by atoms with E-state index in [0.29, 0.717) is 13.2 Å². The van der Waals surface area contributed by atoms with Gasteiger partial charge in [0.2, 0.25) is 0 Å². The molecule has 0 atom stereocenters. The van der Waals surface area contributed by atoms with Gasteiger partial charge in [0.15, 0.2) is 28.9 Å². The molecule has 3 fully saturated rings. The minimum atomic E-state index is 0.664. The molecule has 0 spiro atoms. The fraction of sp³-hybridized carbons (Fsp3) is 0.348. The van der Waals surface area contributed by atoms with Gasteiger partial charge in [-0.05, 0) is 283 Å². The van der Waals surface area contributed by atoms with E-state index >= 15 is 0 Å². The number of fused-ring (bicyclic) bond motifs is 17. The highest BCUT2D eigenvalue weighted by atomic mass is 32.2. The first-order chi connectivity index (χ1) is 72.5. The molecule has 31 rings (SSSR count). The monoisotopic (exact) mass is 1980 g/mol. The molecule has 14 N–H and O–H groups in total. The Morgan fingerprint density at radius 2 is 0.829 bits per heavy atom. The van der Waals surface area contributed by atoms with Gasteiger partial charge in [-0.15, -0.1) is 16.9 Å². The summed E-state index contributed by atoms with van der Waals surface area (Å²) in [7, 11) is 0. The summed E-state index contributed by atoms with van der Waals surface area (Å²) in [5.74, 6) is 13.8. The fourth-order valence-corrected chi connectivity index (χ4v) is 18.6. The number of para-hydroxylation sites is 5. The number of pyridine rings is 7. The Morgan fingerprint density at radius 1 is 0.308 bits per heavy atom. The first kappa shape index (κ1) is 103. The number of aryl methyl sites for hydroxylation is 6. The number of hydrogen-bond acceptors (Lipinski definition) is 33. The highest BCUT2D eigenvalue weighted by Crippen LogP contribution is 2.33. The van der Waals surface area contributed by atoms with Crippen molar-refractivity contribution < 1.29 is 18.6 Å². The van der Waals surface area contributed by atoms with Crippen molar-refractivity contribution in [2.24, 2.45) is 5.92 Å². The number of aromatic nitrogens is 16. The molecule has 26 heterocycles. The van der Waals surface area contributed by atoms with E-state index in [1.54, 1.807) is 43.6 Å². The number of furan rings is 1. The molecule has 15 aliphatic rings. The lowest BCUT2D eigenvalue weighted by Gasteiger charge is -2.36. The predicted octanol–water partition coefficient (Wildman–Crippen LogP) is 19.0. The molecule has 0 radical (unpaired) electrons. The van der Waals surface area contributed by atoms with Crippen LogP contribution in [0.1, 0.15) is 121 Å². The Balaban J connectivity index is 0.000000112. The van der Waals surface area contributed by atoms with Crippen LogP contribution in [0.3, 0.4) is 0 Å². The van der Waals surface area contributed by atoms with Gasteiger partial charge in [-0.2, -0.15) is 20.5 Å². The summed E-state index contributed by atoms with van der Waals surface area (Å²) in [6.07, 6.45) is 48.6. The highest BCUT2D eigenvalue weighted by Gasteiger charge is 2.26. The van der Waals surface area contributed by atoms with Crippen LogP contribution in [0, 0.1) is 5.92 Å². The predicted molar refractivity (Wildman–Crippen MR) is 587 cm³/mol. The van der Waals surface area contributed by atoms with Gasteiger partial charge in [0.05, 0.1) is 30.4 Å². The molecule has 14 aliphatic heterocycles. The largest absolute Gasteiger partial charge is 0.488 e. The number of hydrogen-bond donors (Lipinski definition) is 14. The van der Waals surface area contributed by atoms with Crippen LogP contribution in [-0.4, -0.2) is 197 Å². The Labute approximate surface area is 859 Å². The lowest BCUT2D eigenvalue weighted by Crippen LogP contribution is -2.44. The first-order valence-electron chi connectivity index (χ1n) is 51.4. The van der Waals surface area contributed by atoms with Crippen molar-refractivity contribution >= 4 is 97.5 Å². The van der Waals surface area contributed by atoms with Crippen molar-refractivity contribution in [1.29, 1.82) is 0 Å². The SMILES string of the molecule is C1CC2CCC1CN2.c1cc2c(cn1)CCCN2.c1cc2c(nn1)NCCC2.c1ccc2c(c1)CCNC2.c1ccc2c(c1)OCCO2.c1ccc2n[nH]nc2c1.c1ccc2occc2c1.c1cnc2c(c1)CCCCN2.c1cnc2c(c1)CCCN2.c1cnc2c(c1)CCN2.c1cnc2c(c1)NCCN2.c1cnc2c(c1)OCCN2.c1cnc2c(c1)SCCN2.c1cnc2c(n1)CCCN2.c1ncc2c(n1)NCCC2. The van der Waals surface area contributed by atoms with Crippen LogP contribution in [0.2, 0.25) is 0 Å². The summed E-state index contributed by atoms with van der Waals surface area (Å²) in [5.41, 5.74) is 17.2. The van der Waals surface area contributed by atoms with Crippen LogP contribution < -0.4 is 83.3 Å². The third kappa shape index (κ3) is 33.6. The number of nitrogens with one attached hydrogen (secondary N) is 14. The molecule has 12 aromatic heterocycles. The van der Waals surface area contributed by atoms with Gasteiger partial charge < -0.3 is 87.7 Å². The van der Waals surface area contributed by atoms with Crippen molar-refractivity contribution in [2.45, 2.75) is 139 Å². The van der Waals surface area contributed by atoms with Crippen LogP contribution in [0.15, 0.2) is 284 Å². The lowest BCUT2D eigenvalue weighted by atomic mass is 9.82. The van der Waals surface area contributed by atoms with E-state index in [2.05, 4.69) is 198 Å². The zero-order valence-corrected chi connectivity index (χ0v) is 83.9. The normalized spacial score (nSPS) is 16.4. The van der Waals surface area contributed by atoms with Crippen molar-refractivity contribution in [2.75, 3.05) is 169 Å². The molecule has 758 valence electrons. The van der Waals surface area contributed by atoms with Gasteiger partial charge in [0, 0.05) is 173 Å². The quantitative estimate of drug-likeness (QED) is 0.0670. The van der Waals surface area contributed by atoms with E-state index in [1.807, 2.05) is 195 Å². The first-order valence-corrected chi connectivity index (χ1v) is 52.4. The summed E-state index contributed by atoms with van der Waals surface area (Å²) in [6.45, 7) is 16.8. The maximum absolute atomic E-state index is 5.30. The summed E-state index contributed by atoms with van der Waals surface area (Å²) in [6, 6.07) is 63.1. The molecule has 16 aromatic rings. The van der Waals surface area contributed by atoms with Crippen molar-refractivity contribution in [1.82, 2.24) is 91.1 Å². The van der Waals surface area contributed by atoms with Gasteiger partial charge in [-0.3, -0.25) is 9.97 Å². The molecule has 34 heteroatoms. The number of nitrogens with zero attached hydrogens (tertiary/aromatic N) is 15. The van der Waals surface area contributed by atoms with Gasteiger partial charge in [0.1, 0.15) is 83.5 Å². The highest BCUT2D eigenvalue weighted by molar-refractivity contribution is 7.99. The van der Waals surface area contributed by atoms with Gasteiger partial charge in [0.25, 0.3) is 0 Å². The molecule has 1 saturated carbocycles. The smallest absolute Gasteiger partial charge is 0.168 e. The second-order valence-corrected chi connectivity index (χ2v) is 36.8. The molecular weight excluding hydrogens is 1850 g/mol. The average molecular weight is 1980 g/mol. The number of piperidine rings is 2. The second-order valence-electron chi connectivity index (χ2n) is 35.7. The van der Waals surface area contributed by atoms with Crippen molar-refractivity contribution in [3.05, 3.63) is 325 Å². The van der Waals surface area contributed by atoms with Gasteiger partial charge in [-0.1, -0.05) is 84.9 Å². The molecule has 2 saturated heterocycles. The number of ether oxygens (including phenoxy) is 3. The molecule has 146 heavy (non-hydrogen) atoms. The maximum Gasteiger partial charge on any atom is 0.168 e. The molecule has 4 aromatic carbocycles. The number of anilines is 11. The molecule has 0 unspecified atom stereocenters. The van der Waals surface area contributed by atoms with Crippen LogP contribution in [0.5, 0.6) is 17.2 Å². The molecule has 33 nitrogen and oxygen atoms in total. The van der Waals surface area contributed by atoms with E-state index in [-0.39, 0.29) is 0 Å². The summed E-state index contributed by atoms with van der Waals surface area (Å²) < 4.78 is 21.0. The summed E-state index contributed by atoms with van der Waals surface area (Å²) in [5, 5.41) is 61.5. The number of H-pyrrole nitrogens is 1. The molecule has 0 amide bonds. The number of aromatic amines is 1. The summed E-state index contributed by atoms with van der Waals surface area (Å²) in [4.78, 5) is 46.8. The Kier molecular flexibility index (Phi) is 41.8. The second kappa shape index (κ2) is 59.0. The zero-order valence-electron chi connectivity index (χ0n) is 83.0. The minimum Gasteiger partial charge on any atom is -0.488 e. The van der Waals surface area contributed by atoms with E-state index in [0.717, 1.165) is 238 Å². The van der Waals surface area contributed by atoms with Gasteiger partial charge in [-0.25, -0.2) is 44.9 Å². The molecular formula is C112H135N29O4S. The van der Waals surface area contributed by atoms with Crippen LogP contribution in [-0.2, 0) is 57.9 Å². The van der Waals surface area contributed by atoms with Gasteiger partial charge >= 0.3 is 0 Å².